The maximum atomic E-state index is 5.66. The Kier molecular flexibility index (Phi) is 4.39. The average molecular weight is 225 g/mol. The number of hydrogen-bond donors (Lipinski definition) is 1. The molecule has 1 aliphatic heterocycles. The van der Waals surface area contributed by atoms with E-state index >= 15 is 0 Å². The second kappa shape index (κ2) is 6.03. The van der Waals surface area contributed by atoms with Crippen molar-refractivity contribution < 1.29 is 13.9 Å². The van der Waals surface area contributed by atoms with Crippen LogP contribution in [-0.4, -0.2) is 19.8 Å². The fourth-order valence-corrected chi connectivity index (χ4v) is 1.91. The second-order valence-electron chi connectivity index (χ2n) is 4.14. The van der Waals surface area contributed by atoms with E-state index in [-0.39, 0.29) is 0 Å². The third-order valence-electron chi connectivity index (χ3n) is 2.99. The van der Waals surface area contributed by atoms with Crippen LogP contribution in [0.5, 0.6) is 0 Å². The maximum absolute atomic E-state index is 5.66. The highest BCUT2D eigenvalue weighted by Gasteiger charge is 2.14. The lowest BCUT2D eigenvalue weighted by atomic mass is 10.0. The van der Waals surface area contributed by atoms with E-state index < -0.39 is 0 Å². The van der Waals surface area contributed by atoms with E-state index in [1.807, 2.05) is 6.07 Å². The van der Waals surface area contributed by atoms with Gasteiger partial charge in [-0.2, -0.15) is 0 Å². The van der Waals surface area contributed by atoms with Crippen molar-refractivity contribution in [3.63, 3.8) is 0 Å². The number of furan rings is 1. The van der Waals surface area contributed by atoms with Gasteiger partial charge in [-0.15, -0.1) is 0 Å². The summed E-state index contributed by atoms with van der Waals surface area (Å²) in [5, 5.41) is 0. The van der Waals surface area contributed by atoms with Gasteiger partial charge in [0.2, 0.25) is 0 Å². The van der Waals surface area contributed by atoms with Crippen molar-refractivity contribution in [1.82, 2.24) is 0 Å². The van der Waals surface area contributed by atoms with Gasteiger partial charge in [0, 0.05) is 25.3 Å². The van der Waals surface area contributed by atoms with E-state index in [1.165, 1.54) is 0 Å². The molecule has 1 fully saturated rings. The van der Waals surface area contributed by atoms with E-state index in [1.54, 1.807) is 6.26 Å². The molecular formula is C12H19NO3. The third-order valence-corrected chi connectivity index (χ3v) is 2.99. The summed E-state index contributed by atoms with van der Waals surface area (Å²) in [5.74, 6) is 1.49. The van der Waals surface area contributed by atoms with E-state index in [0.717, 1.165) is 44.0 Å². The van der Waals surface area contributed by atoms with Gasteiger partial charge in [0.25, 0.3) is 0 Å². The summed E-state index contributed by atoms with van der Waals surface area (Å²) in [5.41, 5.74) is 6.61. The van der Waals surface area contributed by atoms with Crippen LogP contribution in [0.3, 0.4) is 0 Å². The van der Waals surface area contributed by atoms with Gasteiger partial charge in [-0.05, 0) is 24.8 Å². The van der Waals surface area contributed by atoms with E-state index in [9.17, 15) is 0 Å². The molecule has 0 spiro atoms. The molecule has 2 N–H and O–H groups in total. The van der Waals surface area contributed by atoms with Gasteiger partial charge < -0.3 is 19.6 Å². The van der Waals surface area contributed by atoms with Crippen molar-refractivity contribution in [3.05, 3.63) is 23.7 Å². The summed E-state index contributed by atoms with van der Waals surface area (Å²) < 4.78 is 16.3. The van der Waals surface area contributed by atoms with Crippen LogP contribution in [0.2, 0.25) is 0 Å². The molecule has 0 amide bonds. The largest absolute Gasteiger partial charge is 0.467 e. The SMILES string of the molecule is NCc1ccoc1COCC1CCOCC1. The molecule has 1 saturated heterocycles. The van der Waals surface area contributed by atoms with Crippen molar-refractivity contribution in [2.75, 3.05) is 19.8 Å². The molecule has 1 aromatic heterocycles. The van der Waals surface area contributed by atoms with Gasteiger partial charge in [-0.3, -0.25) is 0 Å². The molecule has 0 radical (unpaired) electrons. The van der Waals surface area contributed by atoms with Crippen LogP contribution < -0.4 is 5.73 Å². The van der Waals surface area contributed by atoms with E-state index in [2.05, 4.69) is 0 Å². The molecule has 2 heterocycles. The predicted molar refractivity (Wildman–Crippen MR) is 59.8 cm³/mol. The van der Waals surface area contributed by atoms with Crippen LogP contribution >= 0.6 is 0 Å². The molecule has 0 unspecified atom stereocenters. The predicted octanol–water partition coefficient (Wildman–Crippen LogP) is 1.68. The highest BCUT2D eigenvalue weighted by Crippen LogP contribution is 2.16. The van der Waals surface area contributed by atoms with Gasteiger partial charge in [-0.1, -0.05) is 0 Å². The lowest BCUT2D eigenvalue weighted by Crippen LogP contribution is -2.20. The average Bonchev–Trinajstić information content (AvgIpc) is 2.78. The lowest BCUT2D eigenvalue weighted by Gasteiger charge is -2.21. The summed E-state index contributed by atoms with van der Waals surface area (Å²) in [7, 11) is 0. The Balaban J connectivity index is 1.71. The smallest absolute Gasteiger partial charge is 0.133 e. The van der Waals surface area contributed by atoms with Crippen LogP contribution in [0.1, 0.15) is 24.2 Å². The molecule has 0 aliphatic carbocycles. The standard InChI is InChI=1S/C12H19NO3/c13-7-11-3-6-16-12(11)9-15-8-10-1-4-14-5-2-10/h3,6,10H,1-2,4-5,7-9,13H2. The Hall–Kier alpha value is -0.840. The van der Waals surface area contributed by atoms with Crippen LogP contribution in [0, 0.1) is 5.92 Å². The summed E-state index contributed by atoms with van der Waals surface area (Å²) >= 11 is 0. The monoisotopic (exact) mass is 225 g/mol. The molecule has 0 bridgehead atoms. The van der Waals surface area contributed by atoms with Gasteiger partial charge in [0.05, 0.1) is 12.9 Å². The number of rotatable bonds is 5. The summed E-state index contributed by atoms with van der Waals surface area (Å²) in [6.45, 7) is 3.54. The highest BCUT2D eigenvalue weighted by atomic mass is 16.5. The topological polar surface area (TPSA) is 57.6 Å². The fraction of sp³-hybridized carbons (Fsp3) is 0.667. The minimum atomic E-state index is 0.506. The Bertz CT molecular complexity index is 305. The minimum absolute atomic E-state index is 0.506. The first-order valence-corrected chi connectivity index (χ1v) is 5.81. The zero-order valence-corrected chi connectivity index (χ0v) is 9.48. The first kappa shape index (κ1) is 11.6. The van der Waals surface area contributed by atoms with Crippen molar-refractivity contribution >= 4 is 0 Å². The molecule has 1 aromatic rings. The summed E-state index contributed by atoms with van der Waals surface area (Å²) in [6, 6.07) is 1.90. The Morgan fingerprint density at radius 2 is 2.19 bits per heavy atom. The van der Waals surface area contributed by atoms with Gasteiger partial charge in [0.1, 0.15) is 12.4 Å². The van der Waals surface area contributed by atoms with Crippen LogP contribution in [-0.2, 0) is 22.6 Å². The first-order chi connectivity index (χ1) is 7.90. The molecule has 16 heavy (non-hydrogen) atoms. The molecule has 4 heteroatoms. The molecule has 1 aliphatic rings. The van der Waals surface area contributed by atoms with Crippen LogP contribution in [0.25, 0.3) is 0 Å². The van der Waals surface area contributed by atoms with Gasteiger partial charge >= 0.3 is 0 Å². The van der Waals surface area contributed by atoms with Crippen molar-refractivity contribution in [3.8, 4) is 0 Å². The Morgan fingerprint density at radius 1 is 1.38 bits per heavy atom. The lowest BCUT2D eigenvalue weighted by molar-refractivity contribution is 0.0117. The molecule has 90 valence electrons. The molecular weight excluding hydrogens is 206 g/mol. The number of nitrogens with two attached hydrogens (primary N) is 1. The molecule has 0 saturated carbocycles. The minimum Gasteiger partial charge on any atom is -0.467 e. The van der Waals surface area contributed by atoms with Gasteiger partial charge in [0.15, 0.2) is 0 Å². The van der Waals surface area contributed by atoms with Crippen molar-refractivity contribution in [2.24, 2.45) is 11.7 Å². The maximum Gasteiger partial charge on any atom is 0.133 e. The van der Waals surface area contributed by atoms with Crippen LogP contribution in [0.15, 0.2) is 16.7 Å². The molecule has 2 rings (SSSR count). The quantitative estimate of drug-likeness (QED) is 0.828. The first-order valence-electron chi connectivity index (χ1n) is 5.81. The number of ether oxygens (including phenoxy) is 2. The summed E-state index contributed by atoms with van der Waals surface area (Å²) in [6.07, 6.45) is 3.86. The second-order valence-corrected chi connectivity index (χ2v) is 4.14. The molecule has 0 atom stereocenters. The molecule has 4 nitrogen and oxygen atoms in total. The number of hydrogen-bond acceptors (Lipinski definition) is 4. The Morgan fingerprint density at radius 3 is 2.94 bits per heavy atom. The van der Waals surface area contributed by atoms with Crippen LogP contribution in [0.4, 0.5) is 0 Å². The molecule has 0 aromatic carbocycles. The van der Waals surface area contributed by atoms with Crippen molar-refractivity contribution in [2.45, 2.75) is 26.0 Å². The zero-order valence-electron chi connectivity index (χ0n) is 9.48. The zero-order chi connectivity index (χ0) is 11.2. The van der Waals surface area contributed by atoms with Gasteiger partial charge in [-0.25, -0.2) is 0 Å². The van der Waals surface area contributed by atoms with E-state index in [4.69, 9.17) is 19.6 Å². The summed E-state index contributed by atoms with van der Waals surface area (Å²) in [4.78, 5) is 0. The highest BCUT2D eigenvalue weighted by molar-refractivity contribution is 5.15. The normalized spacial score (nSPS) is 17.8. The fourth-order valence-electron chi connectivity index (χ4n) is 1.91. The van der Waals surface area contributed by atoms with E-state index in [0.29, 0.717) is 19.1 Å². The third kappa shape index (κ3) is 3.07. The Labute approximate surface area is 95.7 Å². The van der Waals surface area contributed by atoms with Crippen molar-refractivity contribution in [1.29, 1.82) is 0 Å².